The molecule has 1 aromatic rings. The fourth-order valence-corrected chi connectivity index (χ4v) is 2.97. The number of benzene rings is 1. The van der Waals surface area contributed by atoms with Crippen LogP contribution in [0.25, 0.3) is 0 Å². The van der Waals surface area contributed by atoms with Gasteiger partial charge in [-0.3, -0.25) is 4.99 Å². The molecular weight excluding hydrogens is 296 g/mol. The van der Waals surface area contributed by atoms with E-state index in [-0.39, 0.29) is 0 Å². The molecule has 1 aromatic carbocycles. The van der Waals surface area contributed by atoms with Crippen molar-refractivity contribution in [3.8, 4) is 0 Å². The van der Waals surface area contributed by atoms with E-state index < -0.39 is 0 Å². The fourth-order valence-electron chi connectivity index (χ4n) is 2.75. The van der Waals surface area contributed by atoms with Gasteiger partial charge < -0.3 is 15.5 Å². The number of halogens is 1. The standard InChI is InChI=1S/C17H27ClN4/c1-19-17(21-10-13-22-11-3-2-4-12-22)20-9-8-15-6-5-7-16(18)14-15/h5-7,14H,2-4,8-13H2,1H3,(H2,19,20,21). The zero-order valence-corrected chi connectivity index (χ0v) is 14.2. The number of guanidine groups is 1. The second kappa shape index (κ2) is 9.70. The predicted octanol–water partition coefficient (Wildman–Crippen LogP) is 2.53. The first-order valence-electron chi connectivity index (χ1n) is 8.19. The molecule has 0 saturated carbocycles. The summed E-state index contributed by atoms with van der Waals surface area (Å²) in [6.45, 7) is 5.36. The largest absolute Gasteiger partial charge is 0.356 e. The number of nitrogens with one attached hydrogen (secondary N) is 2. The van der Waals surface area contributed by atoms with Gasteiger partial charge in [0.15, 0.2) is 5.96 Å². The topological polar surface area (TPSA) is 39.7 Å². The van der Waals surface area contributed by atoms with Crippen LogP contribution >= 0.6 is 11.6 Å². The summed E-state index contributed by atoms with van der Waals surface area (Å²) in [5, 5.41) is 7.53. The summed E-state index contributed by atoms with van der Waals surface area (Å²) in [6, 6.07) is 8.00. The Morgan fingerprint density at radius 3 is 2.68 bits per heavy atom. The zero-order chi connectivity index (χ0) is 15.6. The first-order valence-corrected chi connectivity index (χ1v) is 8.57. The predicted molar refractivity (Wildman–Crippen MR) is 94.8 cm³/mol. The lowest BCUT2D eigenvalue weighted by Crippen LogP contribution is -2.43. The van der Waals surface area contributed by atoms with Gasteiger partial charge in [0, 0.05) is 31.7 Å². The van der Waals surface area contributed by atoms with Crippen molar-refractivity contribution in [2.75, 3.05) is 39.8 Å². The highest BCUT2D eigenvalue weighted by molar-refractivity contribution is 6.30. The molecule has 1 aliphatic heterocycles. The summed E-state index contributed by atoms with van der Waals surface area (Å²) in [5.41, 5.74) is 1.24. The highest BCUT2D eigenvalue weighted by Crippen LogP contribution is 2.10. The van der Waals surface area contributed by atoms with Crippen molar-refractivity contribution in [2.24, 2.45) is 4.99 Å². The monoisotopic (exact) mass is 322 g/mol. The first-order chi connectivity index (χ1) is 10.8. The number of aliphatic imine (C=N–C) groups is 1. The minimum Gasteiger partial charge on any atom is -0.356 e. The summed E-state index contributed by atoms with van der Waals surface area (Å²) >= 11 is 5.99. The molecule has 5 heteroatoms. The van der Waals surface area contributed by atoms with Crippen LogP contribution < -0.4 is 10.6 Å². The molecule has 0 bridgehead atoms. The van der Waals surface area contributed by atoms with Crippen LogP contribution in [0.4, 0.5) is 0 Å². The van der Waals surface area contributed by atoms with Crippen molar-refractivity contribution in [1.82, 2.24) is 15.5 Å². The summed E-state index contributed by atoms with van der Waals surface area (Å²) in [6.07, 6.45) is 5.00. The third kappa shape index (κ3) is 6.24. The molecular formula is C17H27ClN4. The highest BCUT2D eigenvalue weighted by Gasteiger charge is 2.09. The molecule has 0 unspecified atom stereocenters. The van der Waals surface area contributed by atoms with E-state index in [0.717, 1.165) is 37.0 Å². The molecule has 2 N–H and O–H groups in total. The normalized spacial score (nSPS) is 16.5. The van der Waals surface area contributed by atoms with Crippen molar-refractivity contribution in [3.05, 3.63) is 34.9 Å². The van der Waals surface area contributed by atoms with Crippen LogP contribution in [0.3, 0.4) is 0 Å². The summed E-state index contributed by atoms with van der Waals surface area (Å²) in [7, 11) is 1.82. The Hall–Kier alpha value is -1.26. The van der Waals surface area contributed by atoms with Gasteiger partial charge in [0.2, 0.25) is 0 Å². The van der Waals surface area contributed by atoms with E-state index in [1.54, 1.807) is 0 Å². The van der Waals surface area contributed by atoms with E-state index in [1.165, 1.54) is 37.9 Å². The molecule has 0 amide bonds. The van der Waals surface area contributed by atoms with Crippen LogP contribution in [-0.2, 0) is 6.42 Å². The average Bonchev–Trinajstić information content (AvgIpc) is 2.54. The third-order valence-electron chi connectivity index (χ3n) is 3.99. The van der Waals surface area contributed by atoms with Gasteiger partial charge in [-0.2, -0.15) is 0 Å². The van der Waals surface area contributed by atoms with Crippen molar-refractivity contribution in [2.45, 2.75) is 25.7 Å². The third-order valence-corrected chi connectivity index (χ3v) is 4.22. The van der Waals surface area contributed by atoms with Gasteiger partial charge in [0.05, 0.1) is 0 Å². The molecule has 1 fully saturated rings. The average molecular weight is 323 g/mol. The number of hydrogen-bond donors (Lipinski definition) is 2. The van der Waals surface area contributed by atoms with Crippen molar-refractivity contribution < 1.29 is 0 Å². The second-order valence-corrected chi connectivity index (χ2v) is 6.14. The summed E-state index contributed by atoms with van der Waals surface area (Å²) in [5.74, 6) is 0.874. The number of nitrogens with zero attached hydrogens (tertiary/aromatic N) is 2. The lowest BCUT2D eigenvalue weighted by atomic mass is 10.1. The van der Waals surface area contributed by atoms with E-state index in [0.29, 0.717) is 0 Å². The maximum Gasteiger partial charge on any atom is 0.191 e. The molecule has 0 atom stereocenters. The number of likely N-dealkylation sites (tertiary alicyclic amines) is 1. The van der Waals surface area contributed by atoms with Gasteiger partial charge in [-0.1, -0.05) is 30.2 Å². The SMILES string of the molecule is CN=C(NCCc1cccc(Cl)c1)NCCN1CCCCC1. The Kier molecular flexibility index (Phi) is 7.54. The Morgan fingerprint density at radius 2 is 1.95 bits per heavy atom. The van der Waals surface area contributed by atoms with Crippen LogP contribution in [0.2, 0.25) is 5.02 Å². The smallest absolute Gasteiger partial charge is 0.191 e. The Labute approximate surface area is 138 Å². The fraction of sp³-hybridized carbons (Fsp3) is 0.588. The van der Waals surface area contributed by atoms with Crippen LogP contribution in [0.15, 0.2) is 29.3 Å². The highest BCUT2D eigenvalue weighted by atomic mass is 35.5. The second-order valence-electron chi connectivity index (χ2n) is 5.71. The van der Waals surface area contributed by atoms with Gasteiger partial charge in [-0.05, 0) is 50.0 Å². The van der Waals surface area contributed by atoms with Crippen molar-refractivity contribution in [1.29, 1.82) is 0 Å². The Balaban J connectivity index is 1.62. The van der Waals surface area contributed by atoms with Gasteiger partial charge in [-0.15, -0.1) is 0 Å². The Bertz CT molecular complexity index is 469. The van der Waals surface area contributed by atoms with E-state index in [4.69, 9.17) is 11.6 Å². The first kappa shape index (κ1) is 17.1. The molecule has 122 valence electrons. The minimum absolute atomic E-state index is 0.793. The summed E-state index contributed by atoms with van der Waals surface area (Å²) < 4.78 is 0. The van der Waals surface area contributed by atoms with E-state index in [2.05, 4.69) is 26.6 Å². The maximum absolute atomic E-state index is 5.99. The van der Waals surface area contributed by atoms with Crippen molar-refractivity contribution >= 4 is 17.6 Å². The molecule has 1 saturated heterocycles. The number of rotatable bonds is 6. The molecule has 1 aliphatic rings. The number of piperidine rings is 1. The lowest BCUT2D eigenvalue weighted by Gasteiger charge is -2.26. The molecule has 0 spiro atoms. The molecule has 2 rings (SSSR count). The molecule has 0 aliphatic carbocycles. The quantitative estimate of drug-likeness (QED) is 0.624. The zero-order valence-electron chi connectivity index (χ0n) is 13.4. The molecule has 0 radical (unpaired) electrons. The van der Waals surface area contributed by atoms with Crippen LogP contribution in [-0.4, -0.2) is 50.6 Å². The van der Waals surface area contributed by atoms with Crippen molar-refractivity contribution in [3.63, 3.8) is 0 Å². The number of hydrogen-bond acceptors (Lipinski definition) is 2. The molecule has 4 nitrogen and oxygen atoms in total. The van der Waals surface area contributed by atoms with E-state index in [9.17, 15) is 0 Å². The lowest BCUT2D eigenvalue weighted by molar-refractivity contribution is 0.232. The van der Waals surface area contributed by atoms with E-state index in [1.807, 2.05) is 25.2 Å². The summed E-state index contributed by atoms with van der Waals surface area (Å²) in [4.78, 5) is 6.79. The Morgan fingerprint density at radius 1 is 1.18 bits per heavy atom. The molecule has 22 heavy (non-hydrogen) atoms. The van der Waals surface area contributed by atoms with Crippen LogP contribution in [0.5, 0.6) is 0 Å². The van der Waals surface area contributed by atoms with E-state index >= 15 is 0 Å². The van der Waals surface area contributed by atoms with Gasteiger partial charge in [-0.25, -0.2) is 0 Å². The van der Waals surface area contributed by atoms with Crippen LogP contribution in [0.1, 0.15) is 24.8 Å². The van der Waals surface area contributed by atoms with Gasteiger partial charge in [0.25, 0.3) is 0 Å². The van der Waals surface area contributed by atoms with Gasteiger partial charge in [0.1, 0.15) is 0 Å². The molecule has 0 aromatic heterocycles. The van der Waals surface area contributed by atoms with Crippen LogP contribution in [0, 0.1) is 0 Å². The molecule has 1 heterocycles. The maximum atomic E-state index is 5.99. The van der Waals surface area contributed by atoms with Gasteiger partial charge >= 0.3 is 0 Å². The minimum atomic E-state index is 0.793.